The molecule has 6 nitrogen and oxygen atoms in total. The highest BCUT2D eigenvalue weighted by molar-refractivity contribution is 6.40. The van der Waals surface area contributed by atoms with Crippen LogP contribution in [-0.2, 0) is 20.8 Å². The van der Waals surface area contributed by atoms with Crippen LogP contribution in [0, 0.1) is 0 Å². The van der Waals surface area contributed by atoms with Crippen molar-refractivity contribution in [1.82, 2.24) is 10.2 Å². The Morgan fingerprint density at radius 2 is 2.04 bits per heavy atom. The molecule has 1 atom stereocenters. The Kier molecular flexibility index (Phi) is 4.55. The number of amides is 3. The van der Waals surface area contributed by atoms with Crippen LogP contribution in [-0.4, -0.2) is 47.8 Å². The van der Waals surface area contributed by atoms with Crippen LogP contribution in [0.3, 0.4) is 0 Å². The van der Waals surface area contributed by atoms with Gasteiger partial charge in [-0.15, -0.1) is 0 Å². The molecule has 0 spiro atoms. The topological polar surface area (TPSA) is 69.7 Å². The Balaban J connectivity index is 1.73. The number of carbonyl (C=O) groups excluding carboxylic acids is 3. The van der Waals surface area contributed by atoms with Crippen molar-refractivity contribution in [3.05, 3.63) is 29.8 Å². The second-order valence-corrected chi connectivity index (χ2v) is 6.69. The summed E-state index contributed by atoms with van der Waals surface area (Å²) >= 11 is 0. The molecule has 128 valence electrons. The van der Waals surface area contributed by atoms with E-state index in [2.05, 4.69) is 5.32 Å². The summed E-state index contributed by atoms with van der Waals surface area (Å²) in [7, 11) is 0. The van der Waals surface area contributed by atoms with Crippen molar-refractivity contribution in [2.45, 2.75) is 45.2 Å². The van der Waals surface area contributed by atoms with Gasteiger partial charge in [-0.1, -0.05) is 18.2 Å². The lowest BCUT2D eigenvalue weighted by atomic mass is 10.1. The van der Waals surface area contributed by atoms with E-state index in [9.17, 15) is 14.4 Å². The predicted octanol–water partition coefficient (Wildman–Crippen LogP) is 1.09. The first-order valence-corrected chi connectivity index (χ1v) is 8.47. The summed E-state index contributed by atoms with van der Waals surface area (Å²) in [6.07, 6.45) is 1.96. The van der Waals surface area contributed by atoms with Crippen LogP contribution in [0.2, 0.25) is 0 Å². The van der Waals surface area contributed by atoms with E-state index in [4.69, 9.17) is 0 Å². The highest BCUT2D eigenvalue weighted by Gasteiger charge is 2.34. The molecular weight excluding hydrogens is 306 g/mol. The Morgan fingerprint density at radius 1 is 1.29 bits per heavy atom. The molecule has 1 aromatic rings. The zero-order valence-electron chi connectivity index (χ0n) is 14.1. The molecule has 24 heavy (non-hydrogen) atoms. The monoisotopic (exact) mass is 329 g/mol. The summed E-state index contributed by atoms with van der Waals surface area (Å²) in [6.45, 7) is 4.69. The quantitative estimate of drug-likeness (QED) is 0.844. The summed E-state index contributed by atoms with van der Waals surface area (Å²) < 4.78 is 0. The average molecular weight is 329 g/mol. The molecule has 2 aliphatic heterocycles. The van der Waals surface area contributed by atoms with Crippen molar-refractivity contribution < 1.29 is 14.4 Å². The lowest BCUT2D eigenvalue weighted by Gasteiger charge is -2.30. The van der Waals surface area contributed by atoms with Crippen LogP contribution < -0.4 is 10.2 Å². The highest BCUT2D eigenvalue weighted by atomic mass is 16.2. The van der Waals surface area contributed by atoms with Gasteiger partial charge in [0, 0.05) is 37.3 Å². The molecule has 1 aromatic carbocycles. The van der Waals surface area contributed by atoms with E-state index >= 15 is 0 Å². The van der Waals surface area contributed by atoms with Crippen molar-refractivity contribution in [2.75, 3.05) is 18.0 Å². The van der Waals surface area contributed by atoms with Gasteiger partial charge in [-0.05, 0) is 38.3 Å². The minimum absolute atomic E-state index is 0.0101. The van der Waals surface area contributed by atoms with Gasteiger partial charge in [0.25, 0.3) is 0 Å². The summed E-state index contributed by atoms with van der Waals surface area (Å²) in [5.74, 6) is -0.975. The van der Waals surface area contributed by atoms with Gasteiger partial charge in [0.05, 0.1) is 0 Å². The van der Waals surface area contributed by atoms with Gasteiger partial charge in [0.1, 0.15) is 0 Å². The number of rotatable bonds is 3. The molecule has 1 fully saturated rings. The van der Waals surface area contributed by atoms with E-state index < -0.39 is 11.8 Å². The highest BCUT2D eigenvalue weighted by Crippen LogP contribution is 2.27. The van der Waals surface area contributed by atoms with Crippen LogP contribution >= 0.6 is 0 Å². The van der Waals surface area contributed by atoms with Crippen molar-refractivity contribution >= 4 is 23.4 Å². The van der Waals surface area contributed by atoms with E-state index in [1.807, 2.05) is 38.1 Å². The number of nitrogens with one attached hydrogen (secondary N) is 1. The molecule has 1 unspecified atom stereocenters. The second kappa shape index (κ2) is 6.63. The Hall–Kier alpha value is -2.37. The van der Waals surface area contributed by atoms with E-state index in [0.717, 1.165) is 17.7 Å². The second-order valence-electron chi connectivity index (χ2n) is 6.69. The SMILES string of the molecule is CC(C)N(CC1CCC(=O)N1)C(=O)C(=O)N1CCc2ccccc21. The maximum absolute atomic E-state index is 12.8. The first-order valence-electron chi connectivity index (χ1n) is 8.47. The summed E-state index contributed by atoms with van der Waals surface area (Å²) in [6, 6.07) is 7.52. The van der Waals surface area contributed by atoms with Gasteiger partial charge >= 0.3 is 11.8 Å². The van der Waals surface area contributed by atoms with Gasteiger partial charge in [-0.25, -0.2) is 0 Å². The number of benzene rings is 1. The van der Waals surface area contributed by atoms with Gasteiger partial charge in [-0.2, -0.15) is 0 Å². The molecule has 0 radical (unpaired) electrons. The Labute approximate surface area is 141 Å². The minimum Gasteiger partial charge on any atom is -0.352 e. The van der Waals surface area contributed by atoms with Gasteiger partial charge in [-0.3, -0.25) is 14.4 Å². The smallest absolute Gasteiger partial charge is 0.316 e. The van der Waals surface area contributed by atoms with Gasteiger partial charge in [0.15, 0.2) is 0 Å². The lowest BCUT2D eigenvalue weighted by molar-refractivity contribution is -0.145. The number of carbonyl (C=O) groups is 3. The third-order valence-corrected chi connectivity index (χ3v) is 4.70. The molecule has 3 amide bonds. The van der Waals surface area contributed by atoms with Crippen LogP contribution in [0.5, 0.6) is 0 Å². The predicted molar refractivity (Wildman–Crippen MR) is 90.5 cm³/mol. The number of nitrogens with zero attached hydrogens (tertiary/aromatic N) is 2. The van der Waals surface area contributed by atoms with E-state index in [1.54, 1.807) is 9.80 Å². The summed E-state index contributed by atoms with van der Waals surface area (Å²) in [5, 5.41) is 2.86. The lowest BCUT2D eigenvalue weighted by Crippen LogP contribution is -2.51. The fourth-order valence-corrected chi connectivity index (χ4v) is 3.37. The molecule has 2 heterocycles. The minimum atomic E-state index is -0.497. The average Bonchev–Trinajstić information content (AvgIpc) is 3.17. The molecule has 3 rings (SSSR count). The number of hydrogen-bond acceptors (Lipinski definition) is 3. The normalized spacial score (nSPS) is 19.4. The molecule has 0 aromatic heterocycles. The fourth-order valence-electron chi connectivity index (χ4n) is 3.37. The molecule has 2 aliphatic rings. The first kappa shape index (κ1) is 16.5. The van der Waals surface area contributed by atoms with Crippen molar-refractivity contribution in [3.8, 4) is 0 Å². The third-order valence-electron chi connectivity index (χ3n) is 4.70. The van der Waals surface area contributed by atoms with Gasteiger partial charge in [0.2, 0.25) is 5.91 Å². The standard InChI is InChI=1S/C18H23N3O3/c1-12(2)21(11-14-7-8-16(22)19-14)18(24)17(23)20-10-9-13-5-3-4-6-15(13)20/h3-6,12,14H,7-11H2,1-2H3,(H,19,22). The van der Waals surface area contributed by atoms with Crippen molar-refractivity contribution in [2.24, 2.45) is 0 Å². The number of hydrogen-bond donors (Lipinski definition) is 1. The maximum atomic E-state index is 12.8. The third kappa shape index (κ3) is 3.13. The van der Waals surface area contributed by atoms with Crippen LogP contribution in [0.25, 0.3) is 0 Å². The Bertz CT molecular complexity index is 671. The van der Waals surface area contributed by atoms with Gasteiger partial charge < -0.3 is 15.1 Å². The van der Waals surface area contributed by atoms with Crippen LogP contribution in [0.1, 0.15) is 32.3 Å². The number of para-hydroxylation sites is 1. The van der Waals surface area contributed by atoms with E-state index in [1.165, 1.54) is 0 Å². The van der Waals surface area contributed by atoms with E-state index in [0.29, 0.717) is 25.9 Å². The van der Waals surface area contributed by atoms with E-state index in [-0.39, 0.29) is 18.0 Å². The molecule has 0 aliphatic carbocycles. The maximum Gasteiger partial charge on any atom is 0.316 e. The molecular formula is C18H23N3O3. The molecule has 6 heteroatoms. The molecule has 0 bridgehead atoms. The fraction of sp³-hybridized carbons (Fsp3) is 0.500. The number of fused-ring (bicyclic) bond motifs is 1. The first-order chi connectivity index (χ1) is 11.5. The molecule has 1 saturated heterocycles. The van der Waals surface area contributed by atoms with Crippen LogP contribution in [0.4, 0.5) is 5.69 Å². The zero-order valence-corrected chi connectivity index (χ0v) is 14.1. The summed E-state index contributed by atoms with van der Waals surface area (Å²) in [4.78, 5) is 40.0. The summed E-state index contributed by atoms with van der Waals surface area (Å²) in [5.41, 5.74) is 1.92. The Morgan fingerprint density at radius 3 is 2.71 bits per heavy atom. The van der Waals surface area contributed by atoms with Crippen molar-refractivity contribution in [3.63, 3.8) is 0 Å². The zero-order chi connectivity index (χ0) is 17.3. The van der Waals surface area contributed by atoms with Crippen LogP contribution in [0.15, 0.2) is 24.3 Å². The molecule has 1 N–H and O–H groups in total. The van der Waals surface area contributed by atoms with Crippen molar-refractivity contribution in [1.29, 1.82) is 0 Å². The molecule has 0 saturated carbocycles. The largest absolute Gasteiger partial charge is 0.352 e. The number of anilines is 1.